The van der Waals surface area contributed by atoms with Crippen molar-refractivity contribution in [3.05, 3.63) is 132 Å². The van der Waals surface area contributed by atoms with E-state index in [4.69, 9.17) is 4.74 Å². The number of hydrogen-bond acceptors (Lipinski definition) is 3. The fourth-order valence-electron chi connectivity index (χ4n) is 3.16. The Hall–Kier alpha value is -4.25. The summed E-state index contributed by atoms with van der Waals surface area (Å²) in [7, 11) is 0. The van der Waals surface area contributed by atoms with Crippen LogP contribution in [-0.2, 0) is 4.79 Å². The molecule has 4 rings (SSSR count). The lowest BCUT2D eigenvalue weighted by molar-refractivity contribution is -0.111. The van der Waals surface area contributed by atoms with Crippen molar-refractivity contribution in [1.29, 1.82) is 0 Å². The van der Waals surface area contributed by atoms with Gasteiger partial charge in [-0.3, -0.25) is 4.79 Å². The van der Waals surface area contributed by atoms with Gasteiger partial charge < -0.3 is 10.1 Å². The molecule has 1 aromatic heterocycles. The molecule has 0 unspecified atom stereocenters. The van der Waals surface area contributed by atoms with Crippen molar-refractivity contribution in [2.24, 2.45) is 0 Å². The van der Waals surface area contributed by atoms with Gasteiger partial charge in [-0.25, -0.2) is 9.37 Å². The van der Waals surface area contributed by atoms with E-state index in [-0.39, 0.29) is 17.8 Å². The van der Waals surface area contributed by atoms with Crippen LogP contribution < -0.4 is 10.1 Å². The van der Waals surface area contributed by atoms with E-state index in [1.165, 1.54) is 18.2 Å². The lowest BCUT2D eigenvalue weighted by Crippen LogP contribution is -2.11. The Labute approximate surface area is 186 Å². The molecule has 0 radical (unpaired) electrons. The fraction of sp³-hybridized carbons (Fsp3) is 0.0370. The molecule has 158 valence electrons. The second kappa shape index (κ2) is 10.2. The van der Waals surface area contributed by atoms with Gasteiger partial charge in [0.1, 0.15) is 5.82 Å². The predicted octanol–water partition coefficient (Wildman–Crippen LogP) is 6.04. The number of carbonyl (C=O) groups excluding carboxylic acids is 1. The molecule has 5 heteroatoms. The Bertz CT molecular complexity index is 1140. The number of aromatic nitrogens is 1. The van der Waals surface area contributed by atoms with Gasteiger partial charge in [0.15, 0.2) is 6.10 Å². The van der Waals surface area contributed by atoms with E-state index < -0.39 is 0 Å². The van der Waals surface area contributed by atoms with Gasteiger partial charge in [0.2, 0.25) is 11.8 Å². The molecule has 4 aromatic rings. The van der Waals surface area contributed by atoms with Crippen molar-refractivity contribution in [2.75, 3.05) is 5.32 Å². The first-order valence-corrected chi connectivity index (χ1v) is 10.1. The zero-order valence-electron chi connectivity index (χ0n) is 17.2. The second-order valence-corrected chi connectivity index (χ2v) is 7.08. The lowest BCUT2D eigenvalue weighted by atomic mass is 10.0. The molecule has 0 saturated heterocycles. The summed E-state index contributed by atoms with van der Waals surface area (Å²) in [5, 5.41) is 2.75. The second-order valence-electron chi connectivity index (χ2n) is 7.08. The Balaban J connectivity index is 1.43. The number of amides is 1. The number of pyridine rings is 1. The van der Waals surface area contributed by atoms with Gasteiger partial charge in [-0.1, -0.05) is 72.8 Å². The summed E-state index contributed by atoms with van der Waals surface area (Å²) in [5.74, 6) is -0.180. The smallest absolute Gasteiger partial charge is 0.248 e. The highest BCUT2D eigenvalue weighted by Gasteiger charge is 2.16. The highest BCUT2D eigenvalue weighted by Crippen LogP contribution is 2.27. The minimum Gasteiger partial charge on any atom is -0.465 e. The molecule has 0 atom stereocenters. The van der Waals surface area contributed by atoms with Crippen molar-refractivity contribution in [3.8, 4) is 5.88 Å². The van der Waals surface area contributed by atoms with Gasteiger partial charge in [-0.05, 0) is 41.0 Å². The minimum atomic E-state index is -0.318. The molecule has 32 heavy (non-hydrogen) atoms. The first-order chi connectivity index (χ1) is 15.7. The van der Waals surface area contributed by atoms with Gasteiger partial charge in [-0.15, -0.1) is 0 Å². The molecule has 1 heterocycles. The maximum atomic E-state index is 13.0. The fourth-order valence-corrected chi connectivity index (χ4v) is 3.16. The van der Waals surface area contributed by atoms with E-state index in [9.17, 15) is 9.18 Å². The van der Waals surface area contributed by atoms with Crippen LogP contribution in [0.5, 0.6) is 5.88 Å². The van der Waals surface area contributed by atoms with Gasteiger partial charge in [0, 0.05) is 12.1 Å². The maximum Gasteiger partial charge on any atom is 0.248 e. The SMILES string of the molecule is O=C(/C=C/c1ccc(F)cc1)Nc1ccc(OC(c2ccccc2)c2ccccc2)nc1. The van der Waals surface area contributed by atoms with E-state index in [0.717, 1.165) is 16.7 Å². The van der Waals surface area contributed by atoms with Crippen LogP contribution in [0.25, 0.3) is 6.08 Å². The number of anilines is 1. The Morgan fingerprint density at radius 3 is 2.03 bits per heavy atom. The number of nitrogens with one attached hydrogen (secondary N) is 1. The predicted molar refractivity (Wildman–Crippen MR) is 124 cm³/mol. The summed E-state index contributed by atoms with van der Waals surface area (Å²) in [6, 6.07) is 29.2. The van der Waals surface area contributed by atoms with Gasteiger partial charge in [0.05, 0.1) is 11.9 Å². The zero-order chi connectivity index (χ0) is 22.2. The summed E-state index contributed by atoms with van der Waals surface area (Å²) in [6.45, 7) is 0. The van der Waals surface area contributed by atoms with Crippen LogP contribution in [0.2, 0.25) is 0 Å². The number of nitrogens with zero attached hydrogens (tertiary/aromatic N) is 1. The highest BCUT2D eigenvalue weighted by atomic mass is 19.1. The van der Waals surface area contributed by atoms with Crippen LogP contribution in [0.4, 0.5) is 10.1 Å². The number of rotatable bonds is 7. The molecule has 0 bridgehead atoms. The van der Waals surface area contributed by atoms with Crippen molar-refractivity contribution >= 4 is 17.7 Å². The van der Waals surface area contributed by atoms with E-state index in [0.29, 0.717) is 11.6 Å². The average Bonchev–Trinajstić information content (AvgIpc) is 2.84. The number of benzene rings is 3. The summed E-state index contributed by atoms with van der Waals surface area (Å²) >= 11 is 0. The summed E-state index contributed by atoms with van der Waals surface area (Å²) in [4.78, 5) is 16.5. The average molecular weight is 424 g/mol. The van der Waals surface area contributed by atoms with Crippen LogP contribution in [0.1, 0.15) is 22.8 Å². The molecule has 3 aromatic carbocycles. The van der Waals surface area contributed by atoms with Gasteiger partial charge in [-0.2, -0.15) is 0 Å². The van der Waals surface area contributed by atoms with E-state index in [1.807, 2.05) is 60.7 Å². The van der Waals surface area contributed by atoms with Crippen LogP contribution >= 0.6 is 0 Å². The molecular weight excluding hydrogens is 403 g/mol. The largest absolute Gasteiger partial charge is 0.465 e. The third-order valence-corrected chi connectivity index (χ3v) is 4.74. The van der Waals surface area contributed by atoms with Gasteiger partial charge >= 0.3 is 0 Å². The number of halogens is 1. The molecule has 0 fully saturated rings. The highest BCUT2D eigenvalue weighted by molar-refractivity contribution is 6.01. The molecule has 1 N–H and O–H groups in total. The molecule has 0 aliphatic heterocycles. The van der Waals surface area contributed by atoms with Gasteiger partial charge in [0.25, 0.3) is 0 Å². The van der Waals surface area contributed by atoms with Crippen LogP contribution in [0.3, 0.4) is 0 Å². The van der Waals surface area contributed by atoms with Crippen LogP contribution in [0.15, 0.2) is 109 Å². The molecule has 0 saturated carbocycles. The third kappa shape index (κ3) is 5.67. The van der Waals surface area contributed by atoms with Crippen molar-refractivity contribution in [1.82, 2.24) is 4.98 Å². The Morgan fingerprint density at radius 1 is 0.844 bits per heavy atom. The molecular formula is C27H21FN2O2. The standard InChI is InChI=1S/C27H21FN2O2/c28-23-14-11-20(12-15-23)13-17-25(31)30-24-16-18-26(29-19-24)32-27(21-7-3-1-4-8-21)22-9-5-2-6-10-22/h1-19,27H,(H,30,31)/b17-13+. The topological polar surface area (TPSA) is 51.2 Å². The lowest BCUT2D eigenvalue weighted by Gasteiger charge is -2.19. The number of ether oxygens (including phenoxy) is 1. The van der Waals surface area contributed by atoms with Crippen molar-refractivity contribution < 1.29 is 13.9 Å². The van der Waals surface area contributed by atoms with E-state index in [2.05, 4.69) is 10.3 Å². The Morgan fingerprint density at radius 2 is 1.47 bits per heavy atom. The Kier molecular flexibility index (Phi) is 6.68. The zero-order valence-corrected chi connectivity index (χ0v) is 17.2. The summed E-state index contributed by atoms with van der Waals surface area (Å²) < 4.78 is 19.2. The van der Waals surface area contributed by atoms with Crippen molar-refractivity contribution in [2.45, 2.75) is 6.10 Å². The third-order valence-electron chi connectivity index (χ3n) is 4.74. The van der Waals surface area contributed by atoms with Crippen molar-refractivity contribution in [3.63, 3.8) is 0 Å². The number of hydrogen-bond donors (Lipinski definition) is 1. The molecule has 0 aliphatic rings. The first kappa shape index (κ1) is 21.0. The summed E-state index contributed by atoms with van der Waals surface area (Å²) in [5.41, 5.74) is 3.31. The monoisotopic (exact) mass is 424 g/mol. The maximum absolute atomic E-state index is 13.0. The first-order valence-electron chi connectivity index (χ1n) is 10.1. The van der Waals surface area contributed by atoms with E-state index >= 15 is 0 Å². The number of carbonyl (C=O) groups is 1. The van der Waals surface area contributed by atoms with Crippen LogP contribution in [-0.4, -0.2) is 10.9 Å². The van der Waals surface area contributed by atoms with Crippen LogP contribution in [0, 0.1) is 5.82 Å². The molecule has 0 spiro atoms. The quantitative estimate of drug-likeness (QED) is 0.368. The normalized spacial score (nSPS) is 10.9. The molecule has 1 amide bonds. The van der Waals surface area contributed by atoms with E-state index in [1.54, 1.807) is 36.5 Å². The minimum absolute atomic E-state index is 0.302. The summed E-state index contributed by atoms with van der Waals surface area (Å²) in [6.07, 6.45) is 4.25. The molecule has 4 nitrogen and oxygen atoms in total. The molecule has 0 aliphatic carbocycles.